The van der Waals surface area contributed by atoms with Crippen LogP contribution in [0.25, 0.3) is 5.69 Å². The molecule has 154 valence electrons. The Morgan fingerprint density at radius 2 is 1.79 bits per heavy atom. The minimum Gasteiger partial charge on any atom is -0.448 e. The van der Waals surface area contributed by atoms with Crippen LogP contribution in [-0.4, -0.2) is 58.0 Å². The molecule has 8 nitrogen and oxygen atoms in total. The van der Waals surface area contributed by atoms with Gasteiger partial charge in [0.2, 0.25) is 11.1 Å². The van der Waals surface area contributed by atoms with Crippen LogP contribution >= 0.6 is 0 Å². The highest BCUT2D eigenvalue weighted by Crippen LogP contribution is 2.14. The average Bonchev–Trinajstić information content (AvgIpc) is 2.67. The molecule has 0 saturated carbocycles. The van der Waals surface area contributed by atoms with Gasteiger partial charge in [-0.3, -0.25) is 9.59 Å². The van der Waals surface area contributed by atoms with Gasteiger partial charge in [0, 0.05) is 24.8 Å². The standard InChI is InChI=1S/C21H25N3O5/c1-13-10-18(25)19(22-24(13)17-8-6-5-7-9-17)21(27)29-16(4)20(26)23-11-14(2)28-15(3)12-23/h5-10,14-16H,11-12H2,1-4H3. The summed E-state index contributed by atoms with van der Waals surface area (Å²) in [6.07, 6.45) is -1.22. The van der Waals surface area contributed by atoms with Gasteiger partial charge in [-0.1, -0.05) is 18.2 Å². The highest BCUT2D eigenvalue weighted by molar-refractivity contribution is 5.90. The lowest BCUT2D eigenvalue weighted by Crippen LogP contribution is -2.51. The van der Waals surface area contributed by atoms with Crippen molar-refractivity contribution in [3.8, 4) is 5.69 Å². The van der Waals surface area contributed by atoms with Gasteiger partial charge in [0.05, 0.1) is 17.9 Å². The Bertz CT molecular complexity index is 947. The number of nitrogens with zero attached hydrogens (tertiary/aromatic N) is 3. The Balaban J connectivity index is 1.78. The highest BCUT2D eigenvalue weighted by atomic mass is 16.5. The van der Waals surface area contributed by atoms with Crippen LogP contribution in [0.5, 0.6) is 0 Å². The predicted octanol–water partition coefficient (Wildman–Crippen LogP) is 1.72. The number of carbonyl (C=O) groups is 2. The van der Waals surface area contributed by atoms with Gasteiger partial charge in [0.15, 0.2) is 6.10 Å². The number of morpholine rings is 1. The first-order valence-corrected chi connectivity index (χ1v) is 9.58. The second-order valence-corrected chi connectivity index (χ2v) is 7.29. The minimum atomic E-state index is -1.03. The summed E-state index contributed by atoms with van der Waals surface area (Å²) >= 11 is 0. The topological polar surface area (TPSA) is 90.7 Å². The average molecular weight is 399 g/mol. The van der Waals surface area contributed by atoms with Gasteiger partial charge in [-0.25, -0.2) is 9.48 Å². The van der Waals surface area contributed by atoms with E-state index in [0.717, 1.165) is 0 Å². The summed E-state index contributed by atoms with van der Waals surface area (Å²) in [5, 5.41) is 4.18. The molecular formula is C21H25N3O5. The first-order chi connectivity index (χ1) is 13.8. The van der Waals surface area contributed by atoms with E-state index in [2.05, 4.69) is 5.10 Å². The normalized spacial score (nSPS) is 20.2. The monoisotopic (exact) mass is 399 g/mol. The fraction of sp³-hybridized carbons (Fsp3) is 0.429. The molecule has 2 aromatic rings. The molecule has 1 aromatic carbocycles. The number of hydrogen-bond acceptors (Lipinski definition) is 6. The van der Waals surface area contributed by atoms with Crippen molar-refractivity contribution in [2.45, 2.75) is 46.0 Å². The molecule has 1 saturated heterocycles. The molecule has 8 heteroatoms. The largest absolute Gasteiger partial charge is 0.448 e. The summed E-state index contributed by atoms with van der Waals surface area (Å²) in [7, 11) is 0. The lowest BCUT2D eigenvalue weighted by atomic mass is 10.2. The number of esters is 1. The number of amides is 1. The van der Waals surface area contributed by atoms with Crippen molar-refractivity contribution in [3.05, 3.63) is 58.0 Å². The van der Waals surface area contributed by atoms with Gasteiger partial charge in [-0.15, -0.1) is 0 Å². The van der Waals surface area contributed by atoms with E-state index in [1.165, 1.54) is 17.7 Å². The molecule has 2 heterocycles. The zero-order valence-corrected chi connectivity index (χ0v) is 17.0. The second kappa shape index (κ2) is 8.57. The highest BCUT2D eigenvalue weighted by Gasteiger charge is 2.31. The first-order valence-electron chi connectivity index (χ1n) is 9.58. The first kappa shape index (κ1) is 20.7. The number of carbonyl (C=O) groups excluding carboxylic acids is 2. The quantitative estimate of drug-likeness (QED) is 0.727. The van der Waals surface area contributed by atoms with Crippen molar-refractivity contribution >= 4 is 11.9 Å². The summed E-state index contributed by atoms with van der Waals surface area (Å²) in [6, 6.07) is 10.5. The summed E-state index contributed by atoms with van der Waals surface area (Å²) in [5.74, 6) is -1.24. The van der Waals surface area contributed by atoms with Crippen LogP contribution in [-0.2, 0) is 14.3 Å². The predicted molar refractivity (Wildman–Crippen MR) is 106 cm³/mol. The lowest BCUT2D eigenvalue weighted by Gasteiger charge is -2.36. The Morgan fingerprint density at radius 3 is 2.41 bits per heavy atom. The number of benzene rings is 1. The van der Waals surface area contributed by atoms with Gasteiger partial charge >= 0.3 is 5.97 Å². The SMILES string of the molecule is Cc1cc(=O)c(C(=O)OC(C)C(=O)N2CC(C)OC(C)C2)nn1-c1ccccc1. The third-order valence-corrected chi connectivity index (χ3v) is 4.66. The number of hydrogen-bond donors (Lipinski definition) is 0. The van der Waals surface area contributed by atoms with Crippen molar-refractivity contribution in [1.29, 1.82) is 0 Å². The van der Waals surface area contributed by atoms with Crippen LogP contribution in [0.4, 0.5) is 0 Å². The van der Waals surface area contributed by atoms with E-state index in [0.29, 0.717) is 24.5 Å². The maximum Gasteiger partial charge on any atom is 0.363 e. The third kappa shape index (κ3) is 4.71. The van der Waals surface area contributed by atoms with E-state index in [1.807, 2.05) is 44.2 Å². The minimum absolute atomic E-state index is 0.0950. The number of ether oxygens (including phenoxy) is 2. The van der Waals surface area contributed by atoms with Crippen molar-refractivity contribution in [3.63, 3.8) is 0 Å². The smallest absolute Gasteiger partial charge is 0.363 e. The molecule has 0 spiro atoms. The molecule has 0 N–H and O–H groups in total. The zero-order chi connectivity index (χ0) is 21.1. The van der Waals surface area contributed by atoms with Gasteiger partial charge in [0.25, 0.3) is 5.91 Å². The van der Waals surface area contributed by atoms with Crippen molar-refractivity contribution < 1.29 is 19.1 Å². The molecule has 1 fully saturated rings. The van der Waals surface area contributed by atoms with E-state index in [1.54, 1.807) is 11.8 Å². The van der Waals surface area contributed by atoms with Crippen LogP contribution in [0.15, 0.2) is 41.2 Å². The molecular weight excluding hydrogens is 374 g/mol. The van der Waals surface area contributed by atoms with Gasteiger partial charge in [-0.05, 0) is 39.8 Å². The maximum atomic E-state index is 12.7. The fourth-order valence-electron chi connectivity index (χ4n) is 3.40. The number of aryl methyl sites for hydroxylation is 1. The lowest BCUT2D eigenvalue weighted by molar-refractivity contribution is -0.151. The molecule has 3 rings (SSSR count). The Labute approximate surface area is 169 Å². The molecule has 0 aliphatic carbocycles. The van der Waals surface area contributed by atoms with E-state index in [9.17, 15) is 14.4 Å². The molecule has 1 amide bonds. The molecule has 3 unspecified atom stereocenters. The third-order valence-electron chi connectivity index (χ3n) is 4.66. The van der Waals surface area contributed by atoms with Crippen molar-refractivity contribution in [2.75, 3.05) is 13.1 Å². The van der Waals surface area contributed by atoms with E-state index < -0.39 is 17.5 Å². The number of para-hydroxylation sites is 1. The molecule has 1 aliphatic heterocycles. The van der Waals surface area contributed by atoms with E-state index in [-0.39, 0.29) is 23.8 Å². The van der Waals surface area contributed by atoms with Gasteiger partial charge in [-0.2, -0.15) is 5.10 Å². The second-order valence-electron chi connectivity index (χ2n) is 7.29. The summed E-state index contributed by atoms with van der Waals surface area (Å²) in [6.45, 7) is 7.84. The van der Waals surface area contributed by atoms with E-state index in [4.69, 9.17) is 9.47 Å². The zero-order valence-electron chi connectivity index (χ0n) is 17.0. The van der Waals surface area contributed by atoms with Crippen molar-refractivity contribution in [1.82, 2.24) is 14.7 Å². The van der Waals surface area contributed by atoms with Gasteiger partial charge in [0.1, 0.15) is 0 Å². The van der Waals surface area contributed by atoms with Crippen molar-refractivity contribution in [2.24, 2.45) is 0 Å². The Hall–Kier alpha value is -3.00. The molecule has 1 aliphatic rings. The summed E-state index contributed by atoms with van der Waals surface area (Å²) in [5.41, 5.74) is 0.383. The molecule has 3 atom stereocenters. The summed E-state index contributed by atoms with van der Waals surface area (Å²) in [4.78, 5) is 39.2. The van der Waals surface area contributed by atoms with E-state index >= 15 is 0 Å². The maximum absolute atomic E-state index is 12.7. The van der Waals surface area contributed by atoms with Crippen LogP contribution in [0.1, 0.15) is 37.0 Å². The molecule has 29 heavy (non-hydrogen) atoms. The fourth-order valence-corrected chi connectivity index (χ4v) is 3.40. The molecule has 0 radical (unpaired) electrons. The molecule has 0 bridgehead atoms. The number of aromatic nitrogens is 2. The van der Waals surface area contributed by atoms with Crippen LogP contribution in [0, 0.1) is 6.92 Å². The Kier molecular flexibility index (Phi) is 6.12. The Morgan fingerprint density at radius 1 is 1.17 bits per heavy atom. The van der Waals surface area contributed by atoms with Crippen LogP contribution in [0.2, 0.25) is 0 Å². The number of rotatable bonds is 4. The summed E-state index contributed by atoms with van der Waals surface area (Å²) < 4.78 is 12.4. The van der Waals surface area contributed by atoms with Crippen LogP contribution < -0.4 is 5.43 Å². The van der Waals surface area contributed by atoms with Gasteiger partial charge < -0.3 is 14.4 Å². The van der Waals surface area contributed by atoms with Crippen LogP contribution in [0.3, 0.4) is 0 Å². The molecule has 1 aromatic heterocycles.